The maximum absolute atomic E-state index is 12.3. The summed E-state index contributed by atoms with van der Waals surface area (Å²) in [6, 6.07) is 6.19. The summed E-state index contributed by atoms with van der Waals surface area (Å²) < 4.78 is 14.1. The third-order valence-corrected chi connectivity index (χ3v) is 4.70. The predicted molar refractivity (Wildman–Crippen MR) is 69.6 cm³/mol. The molecule has 0 bridgehead atoms. The number of hydrogen-bond acceptors (Lipinski definition) is 3. The van der Waals surface area contributed by atoms with Gasteiger partial charge in [-0.05, 0) is 42.5 Å². The van der Waals surface area contributed by atoms with Crippen LogP contribution in [0.5, 0.6) is 0 Å². The molecule has 1 aromatic heterocycles. The second-order valence-corrected chi connectivity index (χ2v) is 6.08. The summed E-state index contributed by atoms with van der Waals surface area (Å²) in [6.45, 7) is 0. The van der Waals surface area contributed by atoms with Crippen molar-refractivity contribution in [3.8, 4) is 0 Å². The summed E-state index contributed by atoms with van der Waals surface area (Å²) in [5.74, 6) is 1.18. The average Bonchev–Trinajstić information content (AvgIpc) is 2.98. The fourth-order valence-electron chi connectivity index (χ4n) is 2.33. The lowest BCUT2D eigenvalue weighted by atomic mass is 10.1. The first kappa shape index (κ1) is 11.6. The average molecular weight is 261 g/mol. The van der Waals surface area contributed by atoms with E-state index in [1.54, 1.807) is 6.33 Å². The Kier molecular flexibility index (Phi) is 2.99. The summed E-state index contributed by atoms with van der Waals surface area (Å²) in [6.07, 6.45) is 5.12. The largest absolute Gasteiger partial charge is 0.320 e. The Morgan fingerprint density at radius 3 is 2.94 bits per heavy atom. The van der Waals surface area contributed by atoms with E-state index in [0.29, 0.717) is 5.75 Å². The molecule has 0 spiro atoms. The zero-order valence-corrected chi connectivity index (χ0v) is 11.1. The number of nitrogens with zero attached hydrogens (tertiary/aromatic N) is 3. The summed E-state index contributed by atoms with van der Waals surface area (Å²) in [5.41, 5.74) is 2.77. The van der Waals surface area contributed by atoms with Crippen LogP contribution in [0.3, 0.4) is 0 Å². The maximum atomic E-state index is 12.3. The van der Waals surface area contributed by atoms with Gasteiger partial charge in [-0.15, -0.1) is 10.2 Å². The van der Waals surface area contributed by atoms with E-state index >= 15 is 0 Å². The lowest BCUT2D eigenvalue weighted by molar-refractivity contribution is 0.679. The lowest BCUT2D eigenvalue weighted by Crippen LogP contribution is -2.03. The number of hydrogen-bond donors (Lipinski definition) is 0. The molecule has 0 N–H and O–H groups in total. The van der Waals surface area contributed by atoms with E-state index in [1.165, 1.54) is 17.5 Å². The van der Waals surface area contributed by atoms with Gasteiger partial charge in [0.15, 0.2) is 0 Å². The van der Waals surface area contributed by atoms with Crippen molar-refractivity contribution in [2.45, 2.75) is 29.9 Å². The van der Waals surface area contributed by atoms with Crippen LogP contribution in [0.2, 0.25) is 0 Å². The molecule has 0 saturated carbocycles. The Morgan fingerprint density at radius 1 is 1.33 bits per heavy atom. The molecule has 94 valence electrons. The van der Waals surface area contributed by atoms with Crippen LogP contribution in [-0.4, -0.2) is 19.0 Å². The zero-order chi connectivity index (χ0) is 12.5. The number of rotatable bonds is 3. The van der Waals surface area contributed by atoms with E-state index in [2.05, 4.69) is 22.3 Å². The molecule has 1 aromatic carbocycles. The van der Waals surface area contributed by atoms with Crippen LogP contribution in [0.15, 0.2) is 29.4 Å². The molecular weight excluding hydrogens is 246 g/mol. The van der Waals surface area contributed by atoms with Crippen LogP contribution in [0.4, 0.5) is 0 Å². The smallest absolute Gasteiger partial charge is 0.145 e. The normalized spacial score (nSPS) is 15.6. The fraction of sp³-hybridized carbons (Fsp3) is 0.385. The molecule has 0 radical (unpaired) electrons. The van der Waals surface area contributed by atoms with Crippen LogP contribution in [-0.2, 0) is 36.4 Å². The Labute approximate surface area is 109 Å². The number of benzene rings is 1. The van der Waals surface area contributed by atoms with Crippen molar-refractivity contribution in [3.05, 3.63) is 41.5 Å². The van der Waals surface area contributed by atoms with Gasteiger partial charge in [0.1, 0.15) is 12.2 Å². The first-order chi connectivity index (χ1) is 8.74. The van der Waals surface area contributed by atoms with Gasteiger partial charge in [0.05, 0.1) is 16.6 Å². The SMILES string of the molecule is Cn1cnnc1CS(=O)c1ccc2c(c1)CCC2. The van der Waals surface area contributed by atoms with Crippen molar-refractivity contribution in [2.24, 2.45) is 7.05 Å². The molecule has 4 nitrogen and oxygen atoms in total. The highest BCUT2D eigenvalue weighted by molar-refractivity contribution is 7.84. The Morgan fingerprint density at radius 2 is 2.17 bits per heavy atom. The molecular formula is C13H15N3OS. The molecule has 3 rings (SSSR count). The third-order valence-electron chi connectivity index (χ3n) is 3.40. The van der Waals surface area contributed by atoms with E-state index in [0.717, 1.165) is 23.6 Å². The number of aryl methyl sites for hydroxylation is 3. The van der Waals surface area contributed by atoms with Crippen LogP contribution >= 0.6 is 0 Å². The molecule has 0 saturated heterocycles. The van der Waals surface area contributed by atoms with Crippen molar-refractivity contribution in [2.75, 3.05) is 0 Å². The van der Waals surface area contributed by atoms with E-state index in [-0.39, 0.29) is 0 Å². The van der Waals surface area contributed by atoms with Crippen molar-refractivity contribution in [3.63, 3.8) is 0 Å². The minimum absolute atomic E-state index is 0.426. The van der Waals surface area contributed by atoms with Gasteiger partial charge in [-0.25, -0.2) is 0 Å². The molecule has 1 aliphatic rings. The van der Waals surface area contributed by atoms with Gasteiger partial charge in [-0.2, -0.15) is 0 Å². The van der Waals surface area contributed by atoms with Crippen LogP contribution in [0.25, 0.3) is 0 Å². The van der Waals surface area contributed by atoms with Gasteiger partial charge in [0, 0.05) is 11.9 Å². The minimum Gasteiger partial charge on any atom is -0.320 e. The highest BCUT2D eigenvalue weighted by Gasteiger charge is 2.14. The van der Waals surface area contributed by atoms with E-state index in [9.17, 15) is 4.21 Å². The second-order valence-electron chi connectivity index (χ2n) is 4.63. The van der Waals surface area contributed by atoms with E-state index in [4.69, 9.17) is 0 Å². The quantitative estimate of drug-likeness (QED) is 0.843. The van der Waals surface area contributed by atoms with Gasteiger partial charge in [-0.3, -0.25) is 4.21 Å². The summed E-state index contributed by atoms with van der Waals surface area (Å²) in [7, 11) is 0.831. The molecule has 1 heterocycles. The molecule has 1 atom stereocenters. The topological polar surface area (TPSA) is 47.8 Å². The highest BCUT2D eigenvalue weighted by Crippen LogP contribution is 2.24. The van der Waals surface area contributed by atoms with Crippen molar-refractivity contribution in [1.29, 1.82) is 0 Å². The minimum atomic E-state index is -1.04. The third kappa shape index (κ3) is 2.10. The van der Waals surface area contributed by atoms with E-state index < -0.39 is 10.8 Å². The summed E-state index contributed by atoms with van der Waals surface area (Å²) in [5, 5.41) is 7.78. The molecule has 18 heavy (non-hydrogen) atoms. The molecule has 1 unspecified atom stereocenters. The Hall–Kier alpha value is -1.49. The fourth-order valence-corrected chi connectivity index (χ4v) is 3.48. The molecule has 5 heteroatoms. The monoisotopic (exact) mass is 261 g/mol. The summed E-state index contributed by atoms with van der Waals surface area (Å²) in [4.78, 5) is 0.902. The van der Waals surface area contributed by atoms with Crippen LogP contribution in [0, 0.1) is 0 Å². The van der Waals surface area contributed by atoms with Crippen molar-refractivity contribution < 1.29 is 4.21 Å². The molecule has 0 aliphatic heterocycles. The van der Waals surface area contributed by atoms with Crippen LogP contribution < -0.4 is 0 Å². The molecule has 1 aliphatic carbocycles. The van der Waals surface area contributed by atoms with Gasteiger partial charge >= 0.3 is 0 Å². The Balaban J connectivity index is 1.83. The Bertz CT molecular complexity index is 606. The zero-order valence-electron chi connectivity index (χ0n) is 10.3. The second kappa shape index (κ2) is 4.65. The molecule has 2 aromatic rings. The van der Waals surface area contributed by atoms with Gasteiger partial charge in [0.2, 0.25) is 0 Å². The lowest BCUT2D eigenvalue weighted by Gasteiger charge is -2.05. The van der Waals surface area contributed by atoms with Gasteiger partial charge < -0.3 is 4.57 Å². The first-order valence-corrected chi connectivity index (χ1v) is 7.39. The molecule has 0 amide bonds. The predicted octanol–water partition coefficient (Wildman–Crippen LogP) is 1.61. The van der Waals surface area contributed by atoms with Crippen molar-refractivity contribution in [1.82, 2.24) is 14.8 Å². The van der Waals surface area contributed by atoms with Gasteiger partial charge in [-0.1, -0.05) is 6.07 Å². The first-order valence-electron chi connectivity index (χ1n) is 6.07. The van der Waals surface area contributed by atoms with Gasteiger partial charge in [0.25, 0.3) is 0 Å². The van der Waals surface area contributed by atoms with Crippen molar-refractivity contribution >= 4 is 10.8 Å². The number of fused-ring (bicyclic) bond motifs is 1. The summed E-state index contributed by atoms with van der Waals surface area (Å²) >= 11 is 0. The van der Waals surface area contributed by atoms with Crippen LogP contribution in [0.1, 0.15) is 23.4 Å². The van der Waals surface area contributed by atoms with E-state index in [1.807, 2.05) is 17.7 Å². The molecule has 0 fully saturated rings. The highest BCUT2D eigenvalue weighted by atomic mass is 32.2. The maximum Gasteiger partial charge on any atom is 0.145 e. The number of aromatic nitrogens is 3. The standard InChI is InChI=1S/C13H15N3OS/c1-16-9-14-15-13(16)8-18(17)12-6-5-10-3-2-4-11(10)7-12/h5-7,9H,2-4,8H2,1H3.